The van der Waals surface area contributed by atoms with E-state index in [0.717, 1.165) is 6.26 Å². The second-order valence-electron chi connectivity index (χ2n) is 6.69. The zero-order valence-corrected chi connectivity index (χ0v) is 18.2. The second-order valence-corrected chi connectivity index (χ2v) is 9.81. The van der Waals surface area contributed by atoms with Gasteiger partial charge in [0.1, 0.15) is 6.67 Å². The summed E-state index contributed by atoms with van der Waals surface area (Å²) >= 11 is 11.1. The van der Waals surface area contributed by atoms with Gasteiger partial charge in [-0.05, 0) is 31.0 Å². The molecule has 1 aromatic carbocycles. The molecule has 0 aliphatic carbocycles. The van der Waals surface area contributed by atoms with Gasteiger partial charge >= 0.3 is 5.97 Å². The first-order valence-electron chi connectivity index (χ1n) is 8.53. The van der Waals surface area contributed by atoms with E-state index in [1.165, 1.54) is 24.3 Å². The standard InChI is InChI=1S/C17H24Cl2FN3O5S/c1-9(21)7-12(17(25)28-22)14(13(8-20)23-16(24)15(18)19)10-3-5-11(6-4-10)29(2,26)27/h3-6,9,12-15H,7-8,21-22H2,1-2H3,(H,23,24)/t9?,12?,13-,14+/m1/s1. The molecule has 5 N–H and O–H groups in total. The molecular weight excluding hydrogens is 448 g/mol. The number of nitrogens with one attached hydrogen (secondary N) is 1. The van der Waals surface area contributed by atoms with E-state index in [-0.39, 0.29) is 11.3 Å². The van der Waals surface area contributed by atoms with Crippen molar-refractivity contribution in [1.29, 1.82) is 0 Å². The Balaban J connectivity index is 3.49. The molecule has 2 unspecified atom stereocenters. The van der Waals surface area contributed by atoms with Gasteiger partial charge in [-0.15, -0.1) is 0 Å². The van der Waals surface area contributed by atoms with Crippen molar-refractivity contribution in [3.8, 4) is 0 Å². The van der Waals surface area contributed by atoms with E-state index < -0.39 is 57.1 Å². The van der Waals surface area contributed by atoms with Crippen molar-refractivity contribution in [3.63, 3.8) is 0 Å². The van der Waals surface area contributed by atoms with Gasteiger partial charge in [0.05, 0.1) is 16.9 Å². The van der Waals surface area contributed by atoms with Gasteiger partial charge in [0.15, 0.2) is 14.7 Å². The average Bonchev–Trinajstić information content (AvgIpc) is 2.64. The summed E-state index contributed by atoms with van der Waals surface area (Å²) in [5, 5.41) is 2.36. The predicted octanol–water partition coefficient (Wildman–Crippen LogP) is 1.20. The van der Waals surface area contributed by atoms with Crippen LogP contribution in [0.3, 0.4) is 0 Å². The Bertz CT molecular complexity index is 806. The summed E-state index contributed by atoms with van der Waals surface area (Å²) in [4.78, 5) is 27.2. The third-order valence-corrected chi connectivity index (χ3v) is 5.82. The van der Waals surface area contributed by atoms with Crippen LogP contribution in [0.5, 0.6) is 0 Å². The van der Waals surface area contributed by atoms with Gasteiger partial charge in [0.2, 0.25) is 0 Å². The summed E-state index contributed by atoms with van der Waals surface area (Å²) < 4.78 is 37.3. The molecule has 0 aliphatic rings. The summed E-state index contributed by atoms with van der Waals surface area (Å²) in [5.74, 6) is 1.32. The zero-order chi connectivity index (χ0) is 22.4. The number of hydrogen-bond acceptors (Lipinski definition) is 7. The number of nitrogens with two attached hydrogens (primary N) is 2. The van der Waals surface area contributed by atoms with E-state index in [4.69, 9.17) is 34.8 Å². The third kappa shape index (κ3) is 7.38. The minimum atomic E-state index is -3.47. The van der Waals surface area contributed by atoms with E-state index in [9.17, 15) is 22.4 Å². The Hall–Kier alpha value is -1.46. The van der Waals surface area contributed by atoms with Crippen molar-refractivity contribution >= 4 is 44.9 Å². The molecule has 164 valence electrons. The lowest BCUT2D eigenvalue weighted by Crippen LogP contribution is -2.47. The number of rotatable bonds is 10. The first-order valence-corrected chi connectivity index (χ1v) is 11.3. The van der Waals surface area contributed by atoms with Crippen LogP contribution in [0.15, 0.2) is 29.2 Å². The lowest BCUT2D eigenvalue weighted by molar-refractivity contribution is -0.151. The molecule has 0 aromatic heterocycles. The molecule has 0 fully saturated rings. The molecule has 1 amide bonds. The normalized spacial score (nSPS) is 16.0. The van der Waals surface area contributed by atoms with E-state index in [0.29, 0.717) is 5.56 Å². The summed E-state index contributed by atoms with van der Waals surface area (Å²) in [6, 6.07) is 3.77. The summed E-state index contributed by atoms with van der Waals surface area (Å²) in [7, 11) is -3.47. The van der Waals surface area contributed by atoms with E-state index in [1.54, 1.807) is 6.92 Å². The van der Waals surface area contributed by atoms with Gasteiger partial charge in [0.25, 0.3) is 5.91 Å². The third-order valence-electron chi connectivity index (χ3n) is 4.30. The summed E-state index contributed by atoms with van der Waals surface area (Å²) in [6.45, 7) is 0.565. The maximum absolute atomic E-state index is 13.9. The Kier molecular flexibility index (Phi) is 9.77. The maximum atomic E-state index is 13.9. The fraction of sp³-hybridized carbons (Fsp3) is 0.529. The number of halogens is 3. The second kappa shape index (κ2) is 11.1. The number of carbonyl (C=O) groups is 2. The van der Waals surface area contributed by atoms with Gasteiger partial charge in [-0.3, -0.25) is 9.59 Å². The molecule has 1 aromatic rings. The maximum Gasteiger partial charge on any atom is 0.328 e. The molecule has 4 atom stereocenters. The fourth-order valence-corrected chi connectivity index (χ4v) is 3.79. The van der Waals surface area contributed by atoms with Gasteiger partial charge in [-0.1, -0.05) is 35.3 Å². The van der Waals surface area contributed by atoms with Crippen LogP contribution in [0.1, 0.15) is 24.8 Å². The number of carbonyl (C=O) groups excluding carboxylic acids is 2. The Morgan fingerprint density at radius 1 is 1.24 bits per heavy atom. The largest absolute Gasteiger partial charge is 0.373 e. The van der Waals surface area contributed by atoms with Crippen molar-refractivity contribution in [2.24, 2.45) is 17.5 Å². The van der Waals surface area contributed by atoms with Crippen molar-refractivity contribution < 1.29 is 27.2 Å². The molecule has 12 heteroatoms. The smallest absolute Gasteiger partial charge is 0.328 e. The highest BCUT2D eigenvalue weighted by atomic mass is 35.5. The van der Waals surface area contributed by atoms with Crippen LogP contribution in [0.25, 0.3) is 0 Å². The molecule has 0 saturated heterocycles. The van der Waals surface area contributed by atoms with E-state index in [2.05, 4.69) is 10.2 Å². The van der Waals surface area contributed by atoms with Gasteiger partial charge in [-0.2, -0.15) is 5.90 Å². The number of benzene rings is 1. The Morgan fingerprint density at radius 2 is 1.79 bits per heavy atom. The van der Waals surface area contributed by atoms with Crippen LogP contribution in [-0.2, 0) is 24.3 Å². The van der Waals surface area contributed by atoms with Crippen molar-refractivity contribution in [3.05, 3.63) is 29.8 Å². The topological polar surface area (TPSA) is 142 Å². The van der Waals surface area contributed by atoms with Crippen LogP contribution in [0.4, 0.5) is 4.39 Å². The number of sulfone groups is 1. The quantitative estimate of drug-likeness (QED) is 0.343. The molecule has 0 radical (unpaired) electrons. The van der Waals surface area contributed by atoms with Crippen LogP contribution in [0.2, 0.25) is 0 Å². The Labute approximate surface area is 178 Å². The highest BCUT2D eigenvalue weighted by molar-refractivity contribution is 7.90. The number of alkyl halides is 3. The lowest BCUT2D eigenvalue weighted by atomic mass is 9.78. The molecule has 0 heterocycles. The minimum absolute atomic E-state index is 0.0348. The molecule has 1 rings (SSSR count). The van der Waals surface area contributed by atoms with E-state index >= 15 is 0 Å². The number of hydrogen-bond donors (Lipinski definition) is 3. The SMILES string of the molecule is CC(N)CC(C(=O)ON)[C@H](c1ccc(S(C)(=O)=O)cc1)[C@@H](CF)NC(=O)C(Cl)Cl. The molecule has 29 heavy (non-hydrogen) atoms. The monoisotopic (exact) mass is 471 g/mol. The van der Waals surface area contributed by atoms with Crippen LogP contribution >= 0.6 is 23.2 Å². The summed E-state index contributed by atoms with van der Waals surface area (Å²) in [5.41, 5.74) is 6.20. The lowest BCUT2D eigenvalue weighted by Gasteiger charge is -2.32. The first-order chi connectivity index (χ1) is 13.4. The molecule has 0 bridgehead atoms. The van der Waals surface area contributed by atoms with Crippen molar-refractivity contribution in [1.82, 2.24) is 5.32 Å². The van der Waals surface area contributed by atoms with Crippen molar-refractivity contribution in [2.75, 3.05) is 12.9 Å². The first kappa shape index (κ1) is 25.6. The highest BCUT2D eigenvalue weighted by Crippen LogP contribution is 2.33. The van der Waals surface area contributed by atoms with Gasteiger partial charge in [0, 0.05) is 18.2 Å². The molecule has 0 saturated carbocycles. The van der Waals surface area contributed by atoms with Crippen LogP contribution in [0, 0.1) is 5.92 Å². The molecule has 0 spiro atoms. The fourth-order valence-electron chi connectivity index (χ4n) is 3.03. The predicted molar refractivity (Wildman–Crippen MR) is 108 cm³/mol. The van der Waals surface area contributed by atoms with Gasteiger partial charge < -0.3 is 15.9 Å². The average molecular weight is 472 g/mol. The number of amides is 1. The minimum Gasteiger partial charge on any atom is -0.373 e. The van der Waals surface area contributed by atoms with E-state index in [1.807, 2.05) is 0 Å². The van der Waals surface area contributed by atoms with Crippen LogP contribution in [-0.4, -0.2) is 50.1 Å². The molecular formula is C17H24Cl2FN3O5S. The Morgan fingerprint density at radius 3 is 2.17 bits per heavy atom. The zero-order valence-electron chi connectivity index (χ0n) is 15.8. The van der Waals surface area contributed by atoms with Crippen LogP contribution < -0.4 is 16.9 Å². The molecule has 8 nitrogen and oxygen atoms in total. The summed E-state index contributed by atoms with van der Waals surface area (Å²) in [6.07, 6.45) is 1.10. The van der Waals surface area contributed by atoms with Crippen molar-refractivity contribution in [2.45, 2.75) is 41.1 Å². The highest BCUT2D eigenvalue weighted by Gasteiger charge is 2.38. The molecule has 0 aliphatic heterocycles. The van der Waals surface area contributed by atoms with Gasteiger partial charge in [-0.25, -0.2) is 12.8 Å².